The molecule has 0 amide bonds. The number of hydrogen-bond acceptors (Lipinski definition) is 3. The molecule has 1 aromatic rings. The lowest BCUT2D eigenvalue weighted by molar-refractivity contribution is -0.175. The van der Waals surface area contributed by atoms with Crippen molar-refractivity contribution in [3.63, 3.8) is 0 Å². The van der Waals surface area contributed by atoms with E-state index in [9.17, 15) is 4.79 Å². The van der Waals surface area contributed by atoms with E-state index in [1.165, 1.54) is 0 Å². The SMILES string of the molecule is O=C(OCc1ccccc1)C1([C@@H]2CCCO2)CCC1. The van der Waals surface area contributed by atoms with Crippen molar-refractivity contribution in [2.24, 2.45) is 5.41 Å². The van der Waals surface area contributed by atoms with Gasteiger partial charge in [0, 0.05) is 6.61 Å². The summed E-state index contributed by atoms with van der Waals surface area (Å²) in [5.74, 6) is -0.0606. The lowest BCUT2D eigenvalue weighted by Gasteiger charge is -2.43. The first kappa shape index (κ1) is 12.7. The fraction of sp³-hybridized carbons (Fsp3) is 0.562. The number of carbonyl (C=O) groups is 1. The van der Waals surface area contributed by atoms with Crippen LogP contribution in [0.1, 0.15) is 37.7 Å². The molecule has 0 N–H and O–H groups in total. The molecule has 3 heteroatoms. The molecule has 2 fully saturated rings. The van der Waals surface area contributed by atoms with Crippen LogP contribution in [0.5, 0.6) is 0 Å². The van der Waals surface area contributed by atoms with Crippen LogP contribution in [0.2, 0.25) is 0 Å². The quantitative estimate of drug-likeness (QED) is 0.780. The summed E-state index contributed by atoms with van der Waals surface area (Å²) in [4.78, 5) is 12.4. The fourth-order valence-corrected chi connectivity index (χ4v) is 3.10. The minimum atomic E-state index is -0.342. The summed E-state index contributed by atoms with van der Waals surface area (Å²) in [6.07, 6.45) is 5.11. The van der Waals surface area contributed by atoms with Crippen molar-refractivity contribution >= 4 is 5.97 Å². The number of esters is 1. The average Bonchev–Trinajstić information content (AvgIpc) is 2.90. The van der Waals surface area contributed by atoms with Crippen molar-refractivity contribution in [1.29, 1.82) is 0 Å². The van der Waals surface area contributed by atoms with Crippen molar-refractivity contribution in [2.45, 2.75) is 44.8 Å². The number of ether oxygens (including phenoxy) is 2. The first-order valence-corrected chi connectivity index (χ1v) is 7.14. The molecule has 3 rings (SSSR count). The van der Waals surface area contributed by atoms with Crippen LogP contribution >= 0.6 is 0 Å². The molecule has 19 heavy (non-hydrogen) atoms. The summed E-state index contributed by atoms with van der Waals surface area (Å²) in [5.41, 5.74) is 0.698. The third kappa shape index (κ3) is 2.39. The molecule has 1 saturated carbocycles. The van der Waals surface area contributed by atoms with Gasteiger partial charge in [-0.3, -0.25) is 4.79 Å². The molecule has 1 aromatic carbocycles. The van der Waals surface area contributed by atoms with Crippen molar-refractivity contribution in [1.82, 2.24) is 0 Å². The van der Waals surface area contributed by atoms with Crippen LogP contribution in [0.25, 0.3) is 0 Å². The Hall–Kier alpha value is -1.35. The van der Waals surface area contributed by atoms with Gasteiger partial charge in [0.25, 0.3) is 0 Å². The maximum Gasteiger partial charge on any atom is 0.315 e. The van der Waals surface area contributed by atoms with Gasteiger partial charge in [0.2, 0.25) is 0 Å². The Bertz CT molecular complexity index is 431. The van der Waals surface area contributed by atoms with Crippen LogP contribution < -0.4 is 0 Å². The molecule has 2 aliphatic rings. The Morgan fingerprint density at radius 2 is 2.05 bits per heavy atom. The average molecular weight is 260 g/mol. The van der Waals surface area contributed by atoms with E-state index < -0.39 is 0 Å². The molecule has 0 bridgehead atoms. The highest BCUT2D eigenvalue weighted by Crippen LogP contribution is 2.49. The predicted molar refractivity (Wildman–Crippen MR) is 71.5 cm³/mol. The van der Waals surface area contributed by atoms with E-state index in [0.29, 0.717) is 6.61 Å². The van der Waals surface area contributed by atoms with Crippen LogP contribution in [-0.4, -0.2) is 18.7 Å². The van der Waals surface area contributed by atoms with E-state index in [1.54, 1.807) is 0 Å². The molecule has 1 saturated heterocycles. The molecule has 3 nitrogen and oxygen atoms in total. The van der Waals surface area contributed by atoms with Gasteiger partial charge in [0.1, 0.15) is 6.61 Å². The minimum Gasteiger partial charge on any atom is -0.460 e. The zero-order valence-corrected chi connectivity index (χ0v) is 11.1. The highest BCUT2D eigenvalue weighted by Gasteiger charge is 2.53. The summed E-state index contributed by atoms with van der Waals surface area (Å²) in [5, 5.41) is 0. The second-order valence-electron chi connectivity index (χ2n) is 5.57. The van der Waals surface area contributed by atoms with Crippen molar-refractivity contribution < 1.29 is 14.3 Å². The lowest BCUT2D eigenvalue weighted by Crippen LogP contribution is -2.48. The van der Waals surface area contributed by atoms with E-state index >= 15 is 0 Å². The molecule has 102 valence electrons. The second kappa shape index (κ2) is 5.33. The van der Waals surface area contributed by atoms with Crippen molar-refractivity contribution in [3.8, 4) is 0 Å². The van der Waals surface area contributed by atoms with Crippen molar-refractivity contribution in [2.75, 3.05) is 6.61 Å². The van der Waals surface area contributed by atoms with Gasteiger partial charge in [-0.15, -0.1) is 0 Å². The van der Waals surface area contributed by atoms with Crippen LogP contribution in [0, 0.1) is 5.41 Å². The third-order valence-corrected chi connectivity index (χ3v) is 4.41. The Labute approximate surface area is 113 Å². The molecule has 1 aliphatic carbocycles. The molecule has 1 heterocycles. The van der Waals surface area contributed by atoms with E-state index in [-0.39, 0.29) is 17.5 Å². The standard InChI is InChI=1S/C16H20O3/c17-15(19-12-13-6-2-1-3-7-13)16(9-5-10-16)14-8-4-11-18-14/h1-3,6-7,14H,4-5,8-12H2/t14-/m0/s1. The molecule has 1 atom stereocenters. The Morgan fingerprint density at radius 1 is 1.26 bits per heavy atom. The molecule has 0 aromatic heterocycles. The number of carbonyl (C=O) groups excluding carboxylic acids is 1. The monoisotopic (exact) mass is 260 g/mol. The molecule has 0 unspecified atom stereocenters. The normalized spacial score (nSPS) is 24.7. The van der Waals surface area contributed by atoms with Gasteiger partial charge >= 0.3 is 5.97 Å². The molecular weight excluding hydrogens is 240 g/mol. The Balaban J connectivity index is 1.62. The van der Waals surface area contributed by atoms with Crippen LogP contribution in [0.3, 0.4) is 0 Å². The molecule has 1 aliphatic heterocycles. The first-order valence-electron chi connectivity index (χ1n) is 7.14. The van der Waals surface area contributed by atoms with Gasteiger partial charge < -0.3 is 9.47 Å². The molecule has 0 radical (unpaired) electrons. The van der Waals surface area contributed by atoms with Gasteiger partial charge in [-0.1, -0.05) is 36.8 Å². The zero-order chi connectivity index (χ0) is 13.1. The van der Waals surface area contributed by atoms with Crippen LogP contribution in [-0.2, 0) is 20.9 Å². The van der Waals surface area contributed by atoms with Gasteiger partial charge in [-0.05, 0) is 31.2 Å². The first-order chi connectivity index (χ1) is 9.31. The van der Waals surface area contributed by atoms with Crippen LogP contribution in [0.4, 0.5) is 0 Å². The minimum absolute atomic E-state index is 0.0606. The maximum absolute atomic E-state index is 12.4. The van der Waals surface area contributed by atoms with E-state index in [0.717, 1.165) is 44.3 Å². The number of hydrogen-bond donors (Lipinski definition) is 0. The Kier molecular flexibility index (Phi) is 3.56. The van der Waals surface area contributed by atoms with E-state index in [4.69, 9.17) is 9.47 Å². The predicted octanol–water partition coefficient (Wildman–Crippen LogP) is 3.08. The van der Waals surface area contributed by atoms with Gasteiger partial charge in [0.15, 0.2) is 0 Å². The summed E-state index contributed by atoms with van der Waals surface area (Å²) in [6, 6.07) is 9.84. The third-order valence-electron chi connectivity index (χ3n) is 4.41. The second-order valence-corrected chi connectivity index (χ2v) is 5.57. The fourth-order valence-electron chi connectivity index (χ4n) is 3.10. The lowest BCUT2D eigenvalue weighted by atomic mass is 9.64. The number of rotatable bonds is 4. The Morgan fingerprint density at radius 3 is 2.63 bits per heavy atom. The summed E-state index contributed by atoms with van der Waals surface area (Å²) in [6.45, 7) is 1.16. The highest BCUT2D eigenvalue weighted by atomic mass is 16.5. The smallest absolute Gasteiger partial charge is 0.315 e. The maximum atomic E-state index is 12.4. The summed E-state index contributed by atoms with van der Waals surface area (Å²) < 4.78 is 11.3. The van der Waals surface area contributed by atoms with Gasteiger partial charge in [0.05, 0.1) is 11.5 Å². The van der Waals surface area contributed by atoms with E-state index in [2.05, 4.69) is 0 Å². The van der Waals surface area contributed by atoms with Crippen LogP contribution in [0.15, 0.2) is 30.3 Å². The molecular formula is C16H20O3. The van der Waals surface area contributed by atoms with Gasteiger partial charge in [-0.25, -0.2) is 0 Å². The largest absolute Gasteiger partial charge is 0.460 e. The van der Waals surface area contributed by atoms with Gasteiger partial charge in [-0.2, -0.15) is 0 Å². The zero-order valence-electron chi connectivity index (χ0n) is 11.1. The van der Waals surface area contributed by atoms with Crippen molar-refractivity contribution in [3.05, 3.63) is 35.9 Å². The topological polar surface area (TPSA) is 35.5 Å². The molecule has 0 spiro atoms. The summed E-state index contributed by atoms with van der Waals surface area (Å²) >= 11 is 0. The number of benzene rings is 1. The highest BCUT2D eigenvalue weighted by molar-refractivity contribution is 5.78. The summed E-state index contributed by atoms with van der Waals surface area (Å²) in [7, 11) is 0. The van der Waals surface area contributed by atoms with E-state index in [1.807, 2.05) is 30.3 Å².